The van der Waals surface area contributed by atoms with Crippen LogP contribution in [0.5, 0.6) is 0 Å². The lowest BCUT2D eigenvalue weighted by Gasteiger charge is -2.55. The number of rotatable bonds is 11. The molecule has 1 aliphatic heterocycles. The van der Waals surface area contributed by atoms with E-state index in [0.717, 1.165) is 34.0 Å². The van der Waals surface area contributed by atoms with Crippen LogP contribution in [0, 0.1) is 11.3 Å². The van der Waals surface area contributed by atoms with Crippen molar-refractivity contribution in [3.8, 4) is 0 Å². The van der Waals surface area contributed by atoms with E-state index < -0.39 is 28.9 Å². The number of thiazole rings is 1. The molecular weight excluding hydrogens is 598 g/mol. The number of anilines is 2. The van der Waals surface area contributed by atoms with Crippen molar-refractivity contribution in [1.29, 1.82) is 0 Å². The molecule has 0 saturated carbocycles. The summed E-state index contributed by atoms with van der Waals surface area (Å²) in [6, 6.07) is 7.42. The minimum atomic E-state index is -1.70. The first-order valence-corrected chi connectivity index (χ1v) is 15.8. The molecule has 1 saturated heterocycles. The number of nitrogens with zero attached hydrogens (tertiary/aromatic N) is 3. The van der Waals surface area contributed by atoms with E-state index in [4.69, 9.17) is 4.98 Å². The van der Waals surface area contributed by atoms with Crippen molar-refractivity contribution in [2.45, 2.75) is 85.6 Å². The Morgan fingerprint density at radius 3 is 2.20 bits per heavy atom. The average molecular weight is 646 g/mol. The van der Waals surface area contributed by atoms with Crippen LogP contribution >= 0.6 is 11.3 Å². The first kappa shape index (κ1) is 35.6. The number of hydrogen-bond acceptors (Lipinski definition) is 8. The molecule has 13 nitrogen and oxygen atoms in total. The van der Waals surface area contributed by atoms with E-state index in [0.29, 0.717) is 36.8 Å². The topological polar surface area (TPSA) is 176 Å². The van der Waals surface area contributed by atoms with Crippen molar-refractivity contribution in [2.24, 2.45) is 11.3 Å². The molecule has 2 atom stereocenters. The van der Waals surface area contributed by atoms with Crippen LogP contribution in [0.4, 0.5) is 20.4 Å². The average Bonchev–Trinajstić information content (AvgIpc) is 3.52. The van der Waals surface area contributed by atoms with E-state index >= 15 is 0 Å². The van der Waals surface area contributed by atoms with Gasteiger partial charge in [-0.25, -0.2) is 14.6 Å². The largest absolute Gasteiger partial charge is 0.465 e. The first-order valence-electron chi connectivity index (χ1n) is 15.0. The standard InChI is InChI=1S/C31H47N7O6S/c1-19(39)33-26-34-23(24(45-26)18-37-16-15-21(17-37)25(40)32-8)14-11-20-9-12-22(13-10-20)35-31(29(2,3)4,36-27(41)42)38(28(43)44)30(5,6)7/h9-10,12-13,21,35-36H,11,14-18H2,1-8H3,(H,32,40)(H,41,42)(H,43,44)(H,33,34,39)/t21-,31?/m1/s1. The number of amides is 4. The van der Waals surface area contributed by atoms with Crippen molar-refractivity contribution in [1.82, 2.24) is 25.4 Å². The van der Waals surface area contributed by atoms with Gasteiger partial charge >= 0.3 is 12.2 Å². The molecule has 0 aliphatic carbocycles. The third-order valence-corrected chi connectivity index (χ3v) is 8.82. The molecule has 1 aliphatic rings. The lowest BCUT2D eigenvalue weighted by atomic mass is 9.82. The third-order valence-electron chi connectivity index (χ3n) is 7.82. The summed E-state index contributed by atoms with van der Waals surface area (Å²) in [7, 11) is 1.65. The van der Waals surface area contributed by atoms with E-state index in [1.54, 1.807) is 60.7 Å². The van der Waals surface area contributed by atoms with Gasteiger partial charge in [-0.2, -0.15) is 0 Å². The van der Waals surface area contributed by atoms with Crippen LogP contribution in [0.25, 0.3) is 0 Å². The molecule has 2 heterocycles. The molecular formula is C31H47N7O6S. The Morgan fingerprint density at radius 1 is 1.04 bits per heavy atom. The Bertz CT molecular complexity index is 1380. The van der Waals surface area contributed by atoms with Crippen molar-refractivity contribution < 1.29 is 29.4 Å². The zero-order valence-corrected chi connectivity index (χ0v) is 28.2. The third kappa shape index (κ3) is 8.85. The Kier molecular flexibility index (Phi) is 11.1. The highest BCUT2D eigenvalue weighted by atomic mass is 32.1. The molecule has 4 amide bonds. The SMILES string of the molecule is CNC(=O)[C@@H]1CCN(Cc2sc(NC(C)=O)nc2CCc2ccc(NC(NC(=O)O)(N(C(=O)O)C(C)(C)C)C(C)(C)C)cc2)C1. The molecule has 0 spiro atoms. The zero-order chi connectivity index (χ0) is 33.7. The van der Waals surface area contributed by atoms with E-state index in [-0.39, 0.29) is 17.7 Å². The number of nitrogens with one attached hydrogen (secondary N) is 4. The number of carbonyl (C=O) groups is 4. The number of carboxylic acid groups (broad SMARTS) is 2. The van der Waals surface area contributed by atoms with Crippen LogP contribution in [-0.2, 0) is 29.0 Å². The molecule has 14 heteroatoms. The maximum Gasteiger partial charge on any atom is 0.411 e. The fourth-order valence-electron chi connectivity index (χ4n) is 5.67. The summed E-state index contributed by atoms with van der Waals surface area (Å²) in [6.07, 6.45) is -0.566. The van der Waals surface area contributed by atoms with E-state index in [9.17, 15) is 29.4 Å². The van der Waals surface area contributed by atoms with Gasteiger partial charge in [-0.15, -0.1) is 11.3 Å². The van der Waals surface area contributed by atoms with E-state index in [2.05, 4.69) is 26.2 Å². The smallest absolute Gasteiger partial charge is 0.411 e. The number of benzene rings is 1. The lowest BCUT2D eigenvalue weighted by Crippen LogP contribution is -2.76. The molecule has 1 aromatic carbocycles. The van der Waals surface area contributed by atoms with Crippen molar-refractivity contribution >= 4 is 46.2 Å². The van der Waals surface area contributed by atoms with Crippen molar-refractivity contribution in [3.63, 3.8) is 0 Å². The molecule has 45 heavy (non-hydrogen) atoms. The molecule has 1 aromatic heterocycles. The summed E-state index contributed by atoms with van der Waals surface area (Å²) in [5, 5.41) is 31.8. The Balaban J connectivity index is 1.82. The lowest BCUT2D eigenvalue weighted by molar-refractivity contribution is -0.124. The molecule has 6 N–H and O–H groups in total. The second kappa shape index (κ2) is 14.0. The Hall–Kier alpha value is -3.91. The van der Waals surface area contributed by atoms with Gasteiger partial charge in [0.05, 0.1) is 11.6 Å². The number of aryl methyl sites for hydroxylation is 2. The fourth-order valence-corrected chi connectivity index (χ4v) is 6.77. The summed E-state index contributed by atoms with van der Waals surface area (Å²) in [5.41, 5.74) is 0.570. The minimum Gasteiger partial charge on any atom is -0.465 e. The van der Waals surface area contributed by atoms with E-state index in [1.165, 1.54) is 18.3 Å². The molecule has 1 unspecified atom stereocenters. The maximum absolute atomic E-state index is 12.5. The van der Waals surface area contributed by atoms with Gasteiger partial charge in [0.2, 0.25) is 17.6 Å². The molecule has 248 valence electrons. The maximum atomic E-state index is 12.5. The van der Waals surface area contributed by atoms with Gasteiger partial charge in [0.25, 0.3) is 0 Å². The highest BCUT2D eigenvalue weighted by Crippen LogP contribution is 2.39. The molecule has 0 bridgehead atoms. The number of likely N-dealkylation sites (tertiary alicyclic amines) is 1. The fraction of sp³-hybridized carbons (Fsp3) is 0.581. The summed E-state index contributed by atoms with van der Waals surface area (Å²) >= 11 is 1.45. The Labute approximate surface area is 268 Å². The molecule has 1 fully saturated rings. The molecule has 3 rings (SSSR count). The predicted octanol–water partition coefficient (Wildman–Crippen LogP) is 4.61. The Morgan fingerprint density at radius 2 is 1.69 bits per heavy atom. The monoisotopic (exact) mass is 645 g/mol. The number of hydrogen-bond donors (Lipinski definition) is 6. The van der Waals surface area contributed by atoms with Crippen LogP contribution in [0.1, 0.15) is 71.0 Å². The van der Waals surface area contributed by atoms with Gasteiger partial charge in [0.1, 0.15) is 0 Å². The summed E-state index contributed by atoms with van der Waals surface area (Å²) in [5.74, 6) is -1.89. The number of carbonyl (C=O) groups excluding carboxylic acids is 2. The second-order valence-corrected chi connectivity index (χ2v) is 14.5. The van der Waals surface area contributed by atoms with E-state index in [1.807, 2.05) is 12.1 Å². The summed E-state index contributed by atoms with van der Waals surface area (Å²) in [4.78, 5) is 57.5. The van der Waals surface area contributed by atoms with Crippen molar-refractivity contribution in [2.75, 3.05) is 30.8 Å². The normalized spacial score (nSPS) is 16.8. The van der Waals surface area contributed by atoms with Gasteiger partial charge in [0.15, 0.2) is 5.13 Å². The molecule has 2 aromatic rings. The quantitative estimate of drug-likeness (QED) is 0.191. The van der Waals surface area contributed by atoms with Crippen LogP contribution in [0.15, 0.2) is 24.3 Å². The van der Waals surface area contributed by atoms with Gasteiger partial charge < -0.3 is 26.2 Å². The van der Waals surface area contributed by atoms with Crippen LogP contribution in [0.2, 0.25) is 0 Å². The highest BCUT2D eigenvalue weighted by Gasteiger charge is 2.54. The summed E-state index contributed by atoms with van der Waals surface area (Å²) < 4.78 is 0. The zero-order valence-electron chi connectivity index (χ0n) is 27.4. The van der Waals surface area contributed by atoms with Crippen LogP contribution in [0.3, 0.4) is 0 Å². The van der Waals surface area contributed by atoms with Crippen LogP contribution in [-0.4, -0.2) is 80.5 Å². The number of aromatic nitrogens is 1. The highest BCUT2D eigenvalue weighted by molar-refractivity contribution is 7.15. The van der Waals surface area contributed by atoms with Gasteiger partial charge in [-0.1, -0.05) is 32.9 Å². The second-order valence-electron chi connectivity index (χ2n) is 13.4. The van der Waals surface area contributed by atoms with Crippen LogP contribution < -0.4 is 21.3 Å². The first-order chi connectivity index (χ1) is 20.9. The van der Waals surface area contributed by atoms with Gasteiger partial charge in [0, 0.05) is 48.6 Å². The predicted molar refractivity (Wildman–Crippen MR) is 174 cm³/mol. The van der Waals surface area contributed by atoms with Gasteiger partial charge in [-0.3, -0.25) is 24.7 Å². The van der Waals surface area contributed by atoms with Gasteiger partial charge in [-0.05, 0) is 64.3 Å². The minimum absolute atomic E-state index is 0.0398. The molecule has 0 radical (unpaired) electrons. The van der Waals surface area contributed by atoms with Crippen molar-refractivity contribution in [3.05, 3.63) is 40.4 Å². The summed E-state index contributed by atoms with van der Waals surface area (Å²) in [6.45, 7) is 14.0.